The molecule has 5 nitrogen and oxygen atoms in total. The molecule has 0 aromatic heterocycles. The second-order valence-electron chi connectivity index (χ2n) is 3.52. The van der Waals surface area contributed by atoms with E-state index in [0.717, 1.165) is 12.1 Å². The van der Waals surface area contributed by atoms with Crippen molar-refractivity contribution in [3.05, 3.63) is 34.5 Å². The maximum Gasteiger partial charge on any atom is 0.416 e. The van der Waals surface area contributed by atoms with E-state index in [1.54, 1.807) is 0 Å². The van der Waals surface area contributed by atoms with Crippen molar-refractivity contribution in [3.63, 3.8) is 0 Å². The van der Waals surface area contributed by atoms with E-state index in [-0.39, 0.29) is 10.7 Å². The van der Waals surface area contributed by atoms with E-state index in [0.29, 0.717) is 6.07 Å². The Hall–Kier alpha value is -2.25. The van der Waals surface area contributed by atoms with Crippen LogP contribution in [-0.2, 0) is 15.8 Å². The van der Waals surface area contributed by atoms with Gasteiger partial charge in [-0.3, -0.25) is 9.79 Å². The number of halogens is 3. The van der Waals surface area contributed by atoms with Gasteiger partial charge in [0, 0.05) is 0 Å². The smallest absolute Gasteiger partial charge is 0.416 e. The molecule has 0 aliphatic carbocycles. The molecule has 0 spiro atoms. The van der Waals surface area contributed by atoms with Gasteiger partial charge in [0.15, 0.2) is 0 Å². The van der Waals surface area contributed by atoms with Crippen molar-refractivity contribution in [1.29, 1.82) is 0 Å². The average molecular weight is 258 g/mol. The van der Waals surface area contributed by atoms with Crippen LogP contribution in [0.3, 0.4) is 0 Å². The number of carboxylic acid groups (broad SMARTS) is 1. The molecule has 0 fully saturated rings. The molecule has 0 radical (unpaired) electrons. The maximum atomic E-state index is 12.4. The molecule has 1 aliphatic rings. The molecular weight excluding hydrogens is 253 g/mol. The minimum absolute atomic E-state index is 0.0463. The molecule has 1 heterocycles. The van der Waals surface area contributed by atoms with Crippen LogP contribution >= 0.6 is 0 Å². The molecule has 8 heteroatoms. The van der Waals surface area contributed by atoms with Crippen molar-refractivity contribution in [2.45, 2.75) is 12.2 Å². The Morgan fingerprint density at radius 2 is 1.94 bits per heavy atom. The summed E-state index contributed by atoms with van der Waals surface area (Å²) in [6.07, 6.45) is -4.56. The molecule has 1 unspecified atom stereocenters. The highest BCUT2D eigenvalue weighted by atomic mass is 19.4. The Labute approximate surface area is 97.3 Å². The van der Waals surface area contributed by atoms with Crippen LogP contribution in [0.1, 0.15) is 5.56 Å². The lowest BCUT2D eigenvalue weighted by Gasteiger charge is -2.09. The second-order valence-corrected chi connectivity index (χ2v) is 3.52. The lowest BCUT2D eigenvalue weighted by Crippen LogP contribution is -2.40. The van der Waals surface area contributed by atoms with Gasteiger partial charge in [-0.15, -0.1) is 0 Å². The summed E-state index contributed by atoms with van der Waals surface area (Å²) in [7, 11) is 0. The number of fused-ring (bicyclic) bond motifs is 1. The predicted molar refractivity (Wildman–Crippen MR) is 50.2 cm³/mol. The van der Waals surface area contributed by atoms with E-state index < -0.39 is 29.7 Å². The summed E-state index contributed by atoms with van der Waals surface area (Å²) < 4.78 is 37.2. The summed E-state index contributed by atoms with van der Waals surface area (Å²) in [6, 6.07) is 0.722. The Morgan fingerprint density at radius 1 is 1.28 bits per heavy atom. The van der Waals surface area contributed by atoms with Gasteiger partial charge in [-0.05, 0) is 18.2 Å². The maximum absolute atomic E-state index is 12.4. The predicted octanol–water partition coefficient (Wildman–Crippen LogP) is -0.0620. The molecule has 0 saturated heterocycles. The number of hydrogen-bond acceptors (Lipinski definition) is 3. The standard InChI is InChI=1S/C10H5F3N2O3/c11-10(12,13)4-1-2-5-6(3-4)15-8(16)7(14-5)9(17)18/h1-3,7H,(H,17,18). The van der Waals surface area contributed by atoms with E-state index >= 15 is 0 Å². The molecule has 1 aromatic carbocycles. The number of carboxylic acids is 1. The second kappa shape index (κ2) is 3.90. The molecular formula is C10H5F3N2O3. The number of rotatable bonds is 1. The minimum Gasteiger partial charge on any atom is -0.479 e. The molecule has 0 saturated carbocycles. The first kappa shape index (κ1) is 12.2. The van der Waals surface area contributed by atoms with Crippen molar-refractivity contribution in [2.24, 2.45) is 9.98 Å². The van der Waals surface area contributed by atoms with Gasteiger partial charge in [-0.1, -0.05) is 0 Å². The highest BCUT2D eigenvalue weighted by molar-refractivity contribution is 6.02. The SMILES string of the molecule is O=C(O)C1N=c2ccc(C(F)(F)F)cc2=NC1=O. The van der Waals surface area contributed by atoms with Crippen LogP contribution in [0.2, 0.25) is 0 Å². The van der Waals surface area contributed by atoms with E-state index in [1.807, 2.05) is 0 Å². The summed E-state index contributed by atoms with van der Waals surface area (Å²) in [6.45, 7) is 0. The monoisotopic (exact) mass is 258 g/mol. The summed E-state index contributed by atoms with van der Waals surface area (Å²) in [4.78, 5) is 28.7. The molecule has 1 aliphatic heterocycles. The normalized spacial score (nSPS) is 18.6. The number of alkyl halides is 3. The fourth-order valence-corrected chi connectivity index (χ4v) is 1.43. The molecule has 1 N–H and O–H groups in total. The number of amides is 1. The van der Waals surface area contributed by atoms with Crippen LogP contribution in [0, 0.1) is 0 Å². The van der Waals surface area contributed by atoms with Gasteiger partial charge < -0.3 is 5.11 Å². The van der Waals surface area contributed by atoms with Gasteiger partial charge in [0.2, 0.25) is 6.04 Å². The number of hydrogen-bond donors (Lipinski definition) is 1. The average Bonchev–Trinajstić information content (AvgIpc) is 2.25. The third-order valence-corrected chi connectivity index (χ3v) is 2.27. The van der Waals surface area contributed by atoms with Crippen LogP contribution in [0.4, 0.5) is 13.2 Å². The zero-order chi connectivity index (χ0) is 13.5. The quantitative estimate of drug-likeness (QED) is 0.716. The summed E-state index contributed by atoms with van der Waals surface area (Å²) >= 11 is 0. The zero-order valence-corrected chi connectivity index (χ0v) is 8.60. The van der Waals surface area contributed by atoms with E-state index in [9.17, 15) is 22.8 Å². The first-order valence-corrected chi connectivity index (χ1v) is 4.69. The third kappa shape index (κ3) is 2.08. The van der Waals surface area contributed by atoms with Gasteiger partial charge in [-0.2, -0.15) is 13.2 Å². The van der Waals surface area contributed by atoms with E-state index in [4.69, 9.17) is 5.11 Å². The number of benzene rings is 1. The first-order valence-electron chi connectivity index (χ1n) is 4.69. The van der Waals surface area contributed by atoms with Crippen LogP contribution in [0.5, 0.6) is 0 Å². The summed E-state index contributed by atoms with van der Waals surface area (Å²) in [5.41, 5.74) is -0.971. The minimum atomic E-state index is -4.56. The van der Waals surface area contributed by atoms with Crippen molar-refractivity contribution >= 4 is 11.9 Å². The van der Waals surface area contributed by atoms with Crippen molar-refractivity contribution in [3.8, 4) is 0 Å². The Balaban J connectivity index is 2.62. The van der Waals surface area contributed by atoms with Crippen LogP contribution in [0.15, 0.2) is 28.2 Å². The van der Waals surface area contributed by atoms with Crippen molar-refractivity contribution < 1.29 is 27.9 Å². The molecule has 0 bridgehead atoms. The zero-order valence-electron chi connectivity index (χ0n) is 8.60. The fourth-order valence-electron chi connectivity index (χ4n) is 1.43. The fraction of sp³-hybridized carbons (Fsp3) is 0.200. The topological polar surface area (TPSA) is 79.1 Å². The molecule has 94 valence electrons. The lowest BCUT2D eigenvalue weighted by molar-refractivity contribution is -0.142. The Bertz CT molecular complexity index is 651. The summed E-state index contributed by atoms with van der Waals surface area (Å²) in [5, 5.41) is 8.35. The van der Waals surface area contributed by atoms with Gasteiger partial charge >= 0.3 is 12.1 Å². The summed E-state index contributed by atoms with van der Waals surface area (Å²) in [5.74, 6) is -2.58. The van der Waals surface area contributed by atoms with Crippen LogP contribution in [0.25, 0.3) is 0 Å². The first-order chi connectivity index (χ1) is 8.29. The van der Waals surface area contributed by atoms with Gasteiger partial charge in [0.25, 0.3) is 5.91 Å². The third-order valence-electron chi connectivity index (χ3n) is 2.27. The van der Waals surface area contributed by atoms with E-state index in [2.05, 4.69) is 9.98 Å². The molecule has 18 heavy (non-hydrogen) atoms. The lowest BCUT2D eigenvalue weighted by atomic mass is 10.1. The van der Waals surface area contributed by atoms with Gasteiger partial charge in [-0.25, -0.2) is 9.79 Å². The highest BCUT2D eigenvalue weighted by Gasteiger charge is 2.32. The number of carbonyl (C=O) groups is 2. The Morgan fingerprint density at radius 3 is 2.50 bits per heavy atom. The molecule has 1 atom stereocenters. The van der Waals surface area contributed by atoms with E-state index in [1.165, 1.54) is 0 Å². The number of carbonyl (C=O) groups excluding carboxylic acids is 1. The Kier molecular flexibility index (Phi) is 2.64. The molecule has 1 amide bonds. The van der Waals surface area contributed by atoms with Crippen molar-refractivity contribution in [1.82, 2.24) is 0 Å². The van der Waals surface area contributed by atoms with Gasteiger partial charge in [0.1, 0.15) is 0 Å². The van der Waals surface area contributed by atoms with Gasteiger partial charge in [0.05, 0.1) is 16.3 Å². The van der Waals surface area contributed by atoms with Crippen molar-refractivity contribution in [2.75, 3.05) is 0 Å². The molecule has 2 rings (SSSR count). The highest BCUT2D eigenvalue weighted by Crippen LogP contribution is 2.27. The largest absolute Gasteiger partial charge is 0.479 e. The van der Waals surface area contributed by atoms with Crippen LogP contribution in [-0.4, -0.2) is 23.0 Å². The number of nitrogens with zero attached hydrogens (tertiary/aromatic N) is 2. The number of aliphatic carboxylic acids is 1. The molecule has 1 aromatic rings. The van der Waals surface area contributed by atoms with Crippen LogP contribution < -0.4 is 10.7 Å².